The third-order valence-corrected chi connectivity index (χ3v) is 3.98. The van der Waals surface area contributed by atoms with E-state index in [2.05, 4.69) is 0 Å². The van der Waals surface area contributed by atoms with Crippen LogP contribution in [0.25, 0.3) is 0 Å². The summed E-state index contributed by atoms with van der Waals surface area (Å²) in [6.45, 7) is 1.51. The van der Waals surface area contributed by atoms with Gasteiger partial charge in [0.25, 0.3) is 0 Å². The van der Waals surface area contributed by atoms with Crippen LogP contribution in [0.3, 0.4) is 0 Å². The molecule has 0 radical (unpaired) electrons. The Bertz CT molecular complexity index is 701. The van der Waals surface area contributed by atoms with E-state index in [1.54, 1.807) is 0 Å². The van der Waals surface area contributed by atoms with Crippen molar-refractivity contribution in [1.29, 1.82) is 0 Å². The van der Waals surface area contributed by atoms with Crippen molar-refractivity contribution in [3.8, 4) is 0 Å². The molecular weight excluding hydrogens is 346 g/mol. The minimum atomic E-state index is -4.78. The third-order valence-electron chi connectivity index (χ3n) is 3.98. The number of hydrogen-bond acceptors (Lipinski definition) is 2. The maximum Gasteiger partial charge on any atom is 0.418 e. The molecular formula is C17H16F6N2. The van der Waals surface area contributed by atoms with Crippen LogP contribution in [-0.2, 0) is 12.4 Å². The summed E-state index contributed by atoms with van der Waals surface area (Å²) in [5.74, 6) is -1.15. The van der Waals surface area contributed by atoms with E-state index in [-0.39, 0.29) is 17.5 Å². The molecule has 0 heterocycles. The normalized spacial score (nSPS) is 12.6. The number of rotatable bonds is 3. The Morgan fingerprint density at radius 2 is 1.12 bits per heavy atom. The average molecular weight is 362 g/mol. The van der Waals surface area contributed by atoms with Gasteiger partial charge in [0, 0.05) is 17.3 Å². The molecule has 2 rings (SSSR count). The Morgan fingerprint density at radius 3 is 1.40 bits per heavy atom. The van der Waals surface area contributed by atoms with E-state index >= 15 is 0 Å². The molecule has 2 nitrogen and oxygen atoms in total. The fraction of sp³-hybridized carbons (Fsp3) is 0.294. The Labute approximate surface area is 140 Å². The van der Waals surface area contributed by atoms with Crippen LogP contribution in [0.1, 0.15) is 41.5 Å². The number of benzene rings is 2. The molecule has 2 aromatic rings. The zero-order chi connectivity index (χ0) is 19.0. The summed E-state index contributed by atoms with van der Waals surface area (Å²) >= 11 is 0. The quantitative estimate of drug-likeness (QED) is 0.565. The highest BCUT2D eigenvalue weighted by Crippen LogP contribution is 2.46. The van der Waals surface area contributed by atoms with E-state index in [4.69, 9.17) is 11.5 Å². The molecule has 0 fully saturated rings. The fourth-order valence-corrected chi connectivity index (χ4v) is 3.02. The average Bonchev–Trinajstić information content (AvgIpc) is 2.45. The van der Waals surface area contributed by atoms with Gasteiger partial charge in [-0.1, -0.05) is 31.2 Å². The minimum absolute atomic E-state index is 0.0130. The smallest absolute Gasteiger partial charge is 0.398 e. The van der Waals surface area contributed by atoms with Crippen molar-refractivity contribution >= 4 is 11.4 Å². The van der Waals surface area contributed by atoms with Crippen molar-refractivity contribution in [1.82, 2.24) is 0 Å². The molecule has 136 valence electrons. The lowest BCUT2D eigenvalue weighted by Crippen LogP contribution is -2.19. The summed E-state index contributed by atoms with van der Waals surface area (Å²) in [6.07, 6.45) is -9.56. The number of nitrogens with two attached hydrogens (primary N) is 2. The van der Waals surface area contributed by atoms with Crippen LogP contribution in [-0.4, -0.2) is 0 Å². The molecule has 0 unspecified atom stereocenters. The monoisotopic (exact) mass is 362 g/mol. The van der Waals surface area contributed by atoms with Crippen LogP contribution in [0.5, 0.6) is 0 Å². The largest absolute Gasteiger partial charge is 0.418 e. The first kappa shape index (κ1) is 19.0. The van der Waals surface area contributed by atoms with Gasteiger partial charge >= 0.3 is 12.4 Å². The minimum Gasteiger partial charge on any atom is -0.398 e. The van der Waals surface area contributed by atoms with E-state index in [1.165, 1.54) is 19.1 Å². The molecule has 0 atom stereocenters. The van der Waals surface area contributed by atoms with Crippen molar-refractivity contribution in [3.05, 3.63) is 58.7 Å². The molecule has 0 aromatic heterocycles. The highest BCUT2D eigenvalue weighted by atomic mass is 19.4. The highest BCUT2D eigenvalue weighted by Gasteiger charge is 2.41. The molecule has 0 saturated heterocycles. The van der Waals surface area contributed by atoms with Gasteiger partial charge in [0.2, 0.25) is 0 Å². The predicted octanol–water partition coefficient (Wildman–Crippen LogP) is 5.43. The van der Waals surface area contributed by atoms with Gasteiger partial charge in [-0.05, 0) is 29.7 Å². The molecule has 0 aliphatic carbocycles. The van der Waals surface area contributed by atoms with Gasteiger partial charge < -0.3 is 11.5 Å². The Balaban J connectivity index is 2.77. The van der Waals surface area contributed by atoms with Gasteiger partial charge in [-0.3, -0.25) is 0 Å². The first-order valence-corrected chi connectivity index (χ1v) is 7.39. The van der Waals surface area contributed by atoms with Crippen LogP contribution >= 0.6 is 0 Å². The van der Waals surface area contributed by atoms with Crippen LogP contribution in [0.4, 0.5) is 37.7 Å². The summed E-state index contributed by atoms with van der Waals surface area (Å²) in [6, 6.07) is 7.03. The molecule has 25 heavy (non-hydrogen) atoms. The summed E-state index contributed by atoms with van der Waals surface area (Å²) in [5.41, 5.74) is 7.05. The van der Waals surface area contributed by atoms with Gasteiger partial charge in [0.15, 0.2) is 0 Å². The van der Waals surface area contributed by atoms with Crippen LogP contribution < -0.4 is 11.5 Å². The second-order valence-electron chi connectivity index (χ2n) is 5.58. The summed E-state index contributed by atoms with van der Waals surface area (Å²) < 4.78 is 80.5. The zero-order valence-electron chi connectivity index (χ0n) is 13.2. The first-order valence-electron chi connectivity index (χ1n) is 7.39. The first-order chi connectivity index (χ1) is 11.5. The fourth-order valence-electron chi connectivity index (χ4n) is 3.02. The Hall–Kier alpha value is -2.38. The van der Waals surface area contributed by atoms with Gasteiger partial charge in [-0.15, -0.1) is 0 Å². The van der Waals surface area contributed by atoms with Crippen LogP contribution in [0.15, 0.2) is 36.4 Å². The molecule has 8 heteroatoms. The van der Waals surface area contributed by atoms with E-state index < -0.39 is 40.8 Å². The van der Waals surface area contributed by atoms with Crippen molar-refractivity contribution in [2.24, 2.45) is 0 Å². The van der Waals surface area contributed by atoms with Crippen molar-refractivity contribution in [2.45, 2.75) is 31.6 Å². The maximum absolute atomic E-state index is 13.4. The lowest BCUT2D eigenvalue weighted by molar-refractivity contribution is -0.137. The van der Waals surface area contributed by atoms with Gasteiger partial charge in [0.1, 0.15) is 0 Å². The summed E-state index contributed by atoms with van der Waals surface area (Å²) in [5, 5.41) is 0. The molecule has 0 aliphatic rings. The SMILES string of the molecule is CCC(c1cccc(N)c1C(F)(F)F)c1cccc(N)c1C(F)(F)F. The summed E-state index contributed by atoms with van der Waals surface area (Å²) in [4.78, 5) is 0. The van der Waals surface area contributed by atoms with E-state index in [0.29, 0.717) is 0 Å². The van der Waals surface area contributed by atoms with Crippen molar-refractivity contribution < 1.29 is 26.3 Å². The zero-order valence-corrected chi connectivity index (χ0v) is 13.2. The highest BCUT2D eigenvalue weighted by molar-refractivity contribution is 5.59. The van der Waals surface area contributed by atoms with E-state index in [9.17, 15) is 26.3 Å². The van der Waals surface area contributed by atoms with Gasteiger partial charge in [0.05, 0.1) is 11.1 Å². The Kier molecular flexibility index (Phi) is 4.92. The second kappa shape index (κ2) is 6.50. The molecule has 0 amide bonds. The number of alkyl halides is 6. The van der Waals surface area contributed by atoms with Crippen LogP contribution in [0.2, 0.25) is 0 Å². The van der Waals surface area contributed by atoms with Gasteiger partial charge in [-0.25, -0.2) is 0 Å². The standard InChI is InChI=1S/C17H16F6N2/c1-2-9(10-5-3-7-12(24)14(10)16(18,19)20)11-6-4-8-13(25)15(11)17(21,22)23/h3-9H,2,24-25H2,1H3. The van der Waals surface area contributed by atoms with Crippen LogP contribution in [0, 0.1) is 0 Å². The molecule has 0 spiro atoms. The molecule has 4 N–H and O–H groups in total. The van der Waals surface area contributed by atoms with E-state index in [1.807, 2.05) is 0 Å². The number of anilines is 2. The lowest BCUT2D eigenvalue weighted by Gasteiger charge is -2.25. The number of hydrogen-bond donors (Lipinski definition) is 2. The molecule has 2 aromatic carbocycles. The van der Waals surface area contributed by atoms with Crippen molar-refractivity contribution in [2.75, 3.05) is 11.5 Å². The topological polar surface area (TPSA) is 52.0 Å². The summed E-state index contributed by atoms with van der Waals surface area (Å²) in [7, 11) is 0. The number of nitrogen functional groups attached to an aromatic ring is 2. The third kappa shape index (κ3) is 3.67. The maximum atomic E-state index is 13.4. The second-order valence-corrected chi connectivity index (χ2v) is 5.58. The Morgan fingerprint density at radius 1 is 0.760 bits per heavy atom. The lowest BCUT2D eigenvalue weighted by atomic mass is 9.82. The number of halogens is 6. The molecule has 0 saturated carbocycles. The predicted molar refractivity (Wildman–Crippen MR) is 83.8 cm³/mol. The van der Waals surface area contributed by atoms with E-state index in [0.717, 1.165) is 24.3 Å². The van der Waals surface area contributed by atoms with Crippen molar-refractivity contribution in [3.63, 3.8) is 0 Å². The van der Waals surface area contributed by atoms with Gasteiger partial charge in [-0.2, -0.15) is 26.3 Å². The molecule has 0 aliphatic heterocycles. The molecule has 0 bridgehead atoms.